The summed E-state index contributed by atoms with van der Waals surface area (Å²) in [6.45, 7) is 2.44. The molecule has 6 nitrogen and oxygen atoms in total. The Labute approximate surface area is 164 Å². The van der Waals surface area contributed by atoms with Crippen LogP contribution in [0, 0.1) is 0 Å². The van der Waals surface area contributed by atoms with E-state index < -0.39 is 10.0 Å². The molecule has 1 rings (SSSR count). The monoisotopic (exact) mass is 400 g/mol. The Hall–Kier alpha value is -1.47. The van der Waals surface area contributed by atoms with Crippen LogP contribution in [0.3, 0.4) is 0 Å². The van der Waals surface area contributed by atoms with E-state index in [-0.39, 0.29) is 18.2 Å². The number of nitrogens with one attached hydrogen (secondary N) is 2. The minimum atomic E-state index is -3.43. The number of phenols is 1. The highest BCUT2D eigenvalue weighted by Crippen LogP contribution is 2.29. The molecule has 0 radical (unpaired) electrons. The second-order valence-corrected chi connectivity index (χ2v) is 8.77. The molecule has 1 aromatic carbocycles. The van der Waals surface area contributed by atoms with Crippen molar-refractivity contribution in [2.45, 2.75) is 71.1 Å². The molecule has 0 unspecified atom stereocenters. The maximum absolute atomic E-state index is 12.3. The zero-order valence-electron chi connectivity index (χ0n) is 16.8. The number of sulfonamides is 1. The first kappa shape index (κ1) is 23.6. The van der Waals surface area contributed by atoms with Crippen LogP contribution in [0.4, 0.5) is 5.69 Å². The fourth-order valence-corrected chi connectivity index (χ4v) is 4.05. The maximum atomic E-state index is 12.3. The minimum absolute atomic E-state index is 0.0266. The van der Waals surface area contributed by atoms with Crippen LogP contribution in [0.1, 0.15) is 71.1 Å². The Bertz CT molecular complexity index is 620. The van der Waals surface area contributed by atoms with Gasteiger partial charge >= 0.3 is 0 Å². The van der Waals surface area contributed by atoms with Crippen molar-refractivity contribution >= 4 is 15.7 Å². The van der Waals surface area contributed by atoms with Crippen LogP contribution in [-0.2, 0) is 10.0 Å². The number of hydrogen-bond acceptors (Lipinski definition) is 5. The topological polar surface area (TPSA) is 87.7 Å². The molecule has 0 saturated heterocycles. The Morgan fingerprint density at radius 2 is 1.56 bits per heavy atom. The third-order valence-electron chi connectivity index (χ3n) is 4.37. The van der Waals surface area contributed by atoms with Gasteiger partial charge in [0.25, 0.3) is 0 Å². The first-order valence-corrected chi connectivity index (χ1v) is 11.7. The molecule has 0 aliphatic carbocycles. The van der Waals surface area contributed by atoms with Gasteiger partial charge in [-0.15, -0.1) is 0 Å². The van der Waals surface area contributed by atoms with Crippen LogP contribution in [0.25, 0.3) is 0 Å². The Morgan fingerprint density at radius 1 is 0.963 bits per heavy atom. The number of hydrogen-bond donors (Lipinski definition) is 3. The molecule has 27 heavy (non-hydrogen) atoms. The molecular formula is C20H36N2O4S. The molecule has 0 spiro atoms. The third-order valence-corrected chi connectivity index (χ3v) is 5.73. The molecule has 156 valence electrons. The molecule has 0 atom stereocenters. The lowest BCUT2D eigenvalue weighted by atomic mass is 10.1. The fraction of sp³-hybridized carbons (Fsp3) is 0.700. The lowest BCUT2D eigenvalue weighted by Crippen LogP contribution is -2.19. The largest absolute Gasteiger partial charge is 0.508 e. The van der Waals surface area contributed by atoms with Gasteiger partial charge in [0.05, 0.1) is 11.4 Å². The SMILES string of the molecule is CCCCCCCCCCCCS(=O)(=O)Nc1ccc(O)cc1OCNC. The fourth-order valence-electron chi connectivity index (χ4n) is 2.86. The van der Waals surface area contributed by atoms with Gasteiger partial charge in [0.2, 0.25) is 10.0 Å². The zero-order chi connectivity index (χ0) is 20.0. The van der Waals surface area contributed by atoms with Crippen molar-refractivity contribution in [2.24, 2.45) is 0 Å². The highest BCUT2D eigenvalue weighted by molar-refractivity contribution is 7.92. The molecule has 0 aliphatic rings. The number of anilines is 1. The van der Waals surface area contributed by atoms with Crippen LogP contribution < -0.4 is 14.8 Å². The van der Waals surface area contributed by atoms with Gasteiger partial charge in [0.1, 0.15) is 18.2 Å². The summed E-state index contributed by atoms with van der Waals surface area (Å²) in [7, 11) is -1.71. The van der Waals surface area contributed by atoms with Gasteiger partial charge in [0.15, 0.2) is 0 Å². The summed E-state index contributed by atoms with van der Waals surface area (Å²) >= 11 is 0. The van der Waals surface area contributed by atoms with Crippen molar-refractivity contribution < 1.29 is 18.3 Å². The second-order valence-electron chi connectivity index (χ2n) is 6.93. The molecule has 0 heterocycles. The third kappa shape index (κ3) is 11.1. The van der Waals surface area contributed by atoms with Crippen molar-refractivity contribution in [3.8, 4) is 11.5 Å². The normalized spacial score (nSPS) is 11.5. The summed E-state index contributed by atoms with van der Waals surface area (Å²) in [6, 6.07) is 4.34. The Kier molecular flexibility index (Phi) is 11.9. The molecule has 0 fully saturated rings. The number of phenolic OH excluding ortho intramolecular Hbond substituents is 1. The zero-order valence-corrected chi connectivity index (χ0v) is 17.6. The van der Waals surface area contributed by atoms with E-state index in [2.05, 4.69) is 17.0 Å². The van der Waals surface area contributed by atoms with Gasteiger partial charge in [-0.05, 0) is 25.6 Å². The summed E-state index contributed by atoms with van der Waals surface area (Å²) in [4.78, 5) is 0. The maximum Gasteiger partial charge on any atom is 0.232 e. The van der Waals surface area contributed by atoms with Crippen molar-refractivity contribution in [2.75, 3.05) is 24.3 Å². The van der Waals surface area contributed by atoms with Crippen LogP contribution in [0.2, 0.25) is 0 Å². The number of benzene rings is 1. The average molecular weight is 401 g/mol. The lowest BCUT2D eigenvalue weighted by molar-refractivity contribution is 0.296. The lowest BCUT2D eigenvalue weighted by Gasteiger charge is -2.14. The van der Waals surface area contributed by atoms with E-state index in [0.717, 1.165) is 12.8 Å². The van der Waals surface area contributed by atoms with Crippen LogP contribution in [0.15, 0.2) is 18.2 Å². The van der Waals surface area contributed by atoms with E-state index in [1.165, 1.54) is 63.1 Å². The number of unbranched alkanes of at least 4 members (excludes halogenated alkanes) is 9. The standard InChI is InChI=1S/C20H36N2O4S/c1-3-4-5-6-7-8-9-10-11-12-15-27(24,25)22-19-14-13-18(23)16-20(19)26-17-21-2/h13-14,16,21-23H,3-12,15,17H2,1-2H3. The van der Waals surface area contributed by atoms with Gasteiger partial charge in [-0.25, -0.2) is 8.42 Å². The van der Waals surface area contributed by atoms with Crippen LogP contribution >= 0.6 is 0 Å². The van der Waals surface area contributed by atoms with Crippen molar-refractivity contribution in [1.82, 2.24) is 5.32 Å². The van der Waals surface area contributed by atoms with E-state index in [9.17, 15) is 13.5 Å². The number of ether oxygens (including phenoxy) is 1. The minimum Gasteiger partial charge on any atom is -0.508 e. The van der Waals surface area contributed by atoms with Crippen molar-refractivity contribution in [3.05, 3.63) is 18.2 Å². The smallest absolute Gasteiger partial charge is 0.232 e. The van der Waals surface area contributed by atoms with Crippen LogP contribution in [0.5, 0.6) is 11.5 Å². The van der Waals surface area contributed by atoms with E-state index in [1.54, 1.807) is 7.05 Å². The van der Waals surface area contributed by atoms with E-state index in [1.807, 2.05) is 0 Å². The van der Waals surface area contributed by atoms with Crippen molar-refractivity contribution in [1.29, 1.82) is 0 Å². The highest BCUT2D eigenvalue weighted by Gasteiger charge is 2.14. The quantitative estimate of drug-likeness (QED) is 0.214. The predicted octanol–water partition coefficient (Wildman–Crippen LogP) is 4.61. The molecule has 3 N–H and O–H groups in total. The summed E-state index contributed by atoms with van der Waals surface area (Å²) in [5.41, 5.74) is 0.343. The predicted molar refractivity (Wildman–Crippen MR) is 112 cm³/mol. The number of aromatic hydroxyl groups is 1. The van der Waals surface area contributed by atoms with Gasteiger partial charge < -0.3 is 9.84 Å². The van der Waals surface area contributed by atoms with Crippen molar-refractivity contribution in [3.63, 3.8) is 0 Å². The second kappa shape index (κ2) is 13.7. The molecule has 7 heteroatoms. The average Bonchev–Trinajstić information content (AvgIpc) is 2.63. The molecule has 1 aromatic rings. The van der Waals surface area contributed by atoms with Gasteiger partial charge in [-0.2, -0.15) is 0 Å². The van der Waals surface area contributed by atoms with Gasteiger partial charge in [-0.1, -0.05) is 64.7 Å². The Balaban J connectivity index is 2.30. The summed E-state index contributed by atoms with van der Waals surface area (Å²) < 4.78 is 32.6. The van der Waals surface area contributed by atoms with Gasteiger partial charge in [-0.3, -0.25) is 10.0 Å². The summed E-state index contributed by atoms with van der Waals surface area (Å²) in [5, 5.41) is 12.4. The van der Waals surface area contributed by atoms with E-state index >= 15 is 0 Å². The molecule has 0 aromatic heterocycles. The van der Waals surface area contributed by atoms with Gasteiger partial charge in [0, 0.05) is 6.07 Å². The first-order valence-electron chi connectivity index (χ1n) is 10.1. The summed E-state index contributed by atoms with van der Waals surface area (Å²) in [5.74, 6) is 0.422. The van der Waals surface area contributed by atoms with E-state index in [0.29, 0.717) is 17.9 Å². The first-order chi connectivity index (χ1) is 13.0. The molecule has 0 aliphatic heterocycles. The van der Waals surface area contributed by atoms with E-state index in [4.69, 9.17) is 4.74 Å². The van der Waals surface area contributed by atoms with Crippen LogP contribution in [-0.4, -0.2) is 33.1 Å². The highest BCUT2D eigenvalue weighted by atomic mass is 32.2. The molecule has 0 bridgehead atoms. The molecule has 0 amide bonds. The summed E-state index contributed by atoms with van der Waals surface area (Å²) in [6.07, 6.45) is 11.6. The molecular weight excluding hydrogens is 364 g/mol. The Morgan fingerprint density at radius 3 is 2.15 bits per heavy atom. The number of rotatable bonds is 16. The molecule has 0 saturated carbocycles.